The Labute approximate surface area is 143 Å². The van der Waals surface area contributed by atoms with E-state index in [0.717, 1.165) is 18.8 Å². The van der Waals surface area contributed by atoms with Gasteiger partial charge in [-0.05, 0) is 24.1 Å². The summed E-state index contributed by atoms with van der Waals surface area (Å²) in [5.74, 6) is 1.06. The highest BCUT2D eigenvalue weighted by molar-refractivity contribution is 6.10. The fourth-order valence-corrected chi connectivity index (χ4v) is 3.34. The molecule has 118 valence electrons. The first-order valence-electron chi connectivity index (χ1n) is 8.42. The number of para-hydroxylation sites is 1. The number of nitrogens with zero attached hydrogens (tertiary/aromatic N) is 2. The van der Waals surface area contributed by atoms with Crippen LogP contribution in [0, 0.1) is 0 Å². The zero-order chi connectivity index (χ0) is 16.2. The molecular weight excluding hydrogens is 292 g/mol. The second-order valence-corrected chi connectivity index (χ2v) is 5.99. The molecule has 2 nitrogen and oxygen atoms in total. The van der Waals surface area contributed by atoms with Crippen molar-refractivity contribution in [3.05, 3.63) is 102 Å². The van der Waals surface area contributed by atoms with Crippen LogP contribution in [0.2, 0.25) is 0 Å². The molecule has 1 atom stereocenters. The van der Waals surface area contributed by atoms with Crippen LogP contribution < -0.4 is 4.90 Å². The lowest BCUT2D eigenvalue weighted by Gasteiger charge is -2.38. The smallest absolute Gasteiger partial charge is 0.135 e. The van der Waals surface area contributed by atoms with E-state index in [2.05, 4.69) is 95.9 Å². The van der Waals surface area contributed by atoms with Gasteiger partial charge in [0.15, 0.2) is 0 Å². The standard InChI is InChI=1S/C22H20N2/c1-4-10-18(11-5-1)21-16-17-23-22(19-12-6-2-7-13-19)24(21)20-14-8-3-9-15-20/h1-15,21H,16-17H2. The number of amidine groups is 1. The Kier molecular flexibility index (Phi) is 4.11. The van der Waals surface area contributed by atoms with Gasteiger partial charge in [0.05, 0.1) is 6.04 Å². The van der Waals surface area contributed by atoms with Gasteiger partial charge >= 0.3 is 0 Å². The Hall–Kier alpha value is -2.87. The molecule has 0 N–H and O–H groups in total. The molecule has 0 radical (unpaired) electrons. The largest absolute Gasteiger partial charge is 0.319 e. The van der Waals surface area contributed by atoms with E-state index < -0.39 is 0 Å². The Morgan fingerprint density at radius 2 is 1.29 bits per heavy atom. The highest BCUT2D eigenvalue weighted by Crippen LogP contribution is 2.34. The predicted octanol–water partition coefficient (Wildman–Crippen LogP) is 5.08. The molecule has 0 amide bonds. The Morgan fingerprint density at radius 3 is 1.96 bits per heavy atom. The summed E-state index contributed by atoms with van der Waals surface area (Å²) in [7, 11) is 0. The summed E-state index contributed by atoms with van der Waals surface area (Å²) in [5, 5.41) is 0. The first-order valence-corrected chi connectivity index (χ1v) is 8.42. The van der Waals surface area contributed by atoms with Gasteiger partial charge in [-0.2, -0.15) is 0 Å². The lowest BCUT2D eigenvalue weighted by atomic mass is 9.98. The fourth-order valence-electron chi connectivity index (χ4n) is 3.34. The molecule has 0 aromatic heterocycles. The van der Waals surface area contributed by atoms with E-state index >= 15 is 0 Å². The van der Waals surface area contributed by atoms with Gasteiger partial charge in [0.25, 0.3) is 0 Å². The van der Waals surface area contributed by atoms with Crippen LogP contribution in [0.3, 0.4) is 0 Å². The molecule has 0 aliphatic carbocycles. The van der Waals surface area contributed by atoms with E-state index in [-0.39, 0.29) is 0 Å². The molecule has 0 fully saturated rings. The van der Waals surface area contributed by atoms with Crippen LogP contribution in [0.25, 0.3) is 0 Å². The van der Waals surface area contributed by atoms with E-state index in [9.17, 15) is 0 Å². The summed E-state index contributed by atoms with van der Waals surface area (Å²) >= 11 is 0. The summed E-state index contributed by atoms with van der Waals surface area (Å²) in [4.78, 5) is 7.26. The average molecular weight is 312 g/mol. The highest BCUT2D eigenvalue weighted by Gasteiger charge is 2.28. The van der Waals surface area contributed by atoms with Crippen molar-refractivity contribution in [1.29, 1.82) is 0 Å². The lowest BCUT2D eigenvalue weighted by Crippen LogP contribution is -2.39. The molecule has 2 heteroatoms. The Bertz CT molecular complexity index is 810. The monoisotopic (exact) mass is 312 g/mol. The van der Waals surface area contributed by atoms with Crippen molar-refractivity contribution in [3.63, 3.8) is 0 Å². The number of aliphatic imine (C=N–C) groups is 1. The molecule has 0 saturated carbocycles. The van der Waals surface area contributed by atoms with Crippen LogP contribution in [0.5, 0.6) is 0 Å². The van der Waals surface area contributed by atoms with Crippen LogP contribution in [0.4, 0.5) is 5.69 Å². The molecule has 1 unspecified atom stereocenters. The minimum absolute atomic E-state index is 0.307. The van der Waals surface area contributed by atoms with Gasteiger partial charge in [-0.3, -0.25) is 4.99 Å². The normalized spacial score (nSPS) is 17.4. The van der Waals surface area contributed by atoms with Gasteiger partial charge in [0.1, 0.15) is 5.84 Å². The third-order valence-corrected chi connectivity index (χ3v) is 4.45. The van der Waals surface area contributed by atoms with Gasteiger partial charge in [-0.25, -0.2) is 0 Å². The molecule has 0 bridgehead atoms. The van der Waals surface area contributed by atoms with E-state index in [0.29, 0.717) is 6.04 Å². The van der Waals surface area contributed by atoms with Crippen molar-refractivity contribution in [1.82, 2.24) is 0 Å². The SMILES string of the molecule is c1ccc(C2=NCCC(c3ccccc3)N2c2ccccc2)cc1. The summed E-state index contributed by atoms with van der Waals surface area (Å²) in [6, 6.07) is 32.1. The molecular formula is C22H20N2. The van der Waals surface area contributed by atoms with Crippen molar-refractivity contribution in [2.75, 3.05) is 11.4 Å². The minimum atomic E-state index is 0.307. The third-order valence-electron chi connectivity index (χ3n) is 4.45. The molecule has 0 saturated heterocycles. The second-order valence-electron chi connectivity index (χ2n) is 5.99. The van der Waals surface area contributed by atoms with Gasteiger partial charge in [-0.15, -0.1) is 0 Å². The van der Waals surface area contributed by atoms with Crippen LogP contribution in [-0.2, 0) is 0 Å². The van der Waals surface area contributed by atoms with Crippen molar-refractivity contribution in [2.45, 2.75) is 12.5 Å². The molecule has 4 rings (SSSR count). The number of rotatable bonds is 3. The molecule has 1 aliphatic heterocycles. The van der Waals surface area contributed by atoms with E-state index in [1.807, 2.05) is 0 Å². The first-order chi connectivity index (χ1) is 11.9. The molecule has 3 aromatic carbocycles. The maximum atomic E-state index is 4.88. The van der Waals surface area contributed by atoms with Crippen molar-refractivity contribution in [2.24, 2.45) is 4.99 Å². The second kappa shape index (κ2) is 6.71. The molecule has 1 aliphatic rings. The fraction of sp³-hybridized carbons (Fsp3) is 0.136. The number of anilines is 1. The number of benzene rings is 3. The van der Waals surface area contributed by atoms with Crippen LogP contribution in [0.15, 0.2) is 96.0 Å². The lowest BCUT2D eigenvalue weighted by molar-refractivity contribution is 0.626. The van der Waals surface area contributed by atoms with Crippen molar-refractivity contribution >= 4 is 11.5 Å². The molecule has 24 heavy (non-hydrogen) atoms. The first kappa shape index (κ1) is 14.7. The van der Waals surface area contributed by atoms with Crippen LogP contribution in [-0.4, -0.2) is 12.4 Å². The molecule has 3 aromatic rings. The zero-order valence-electron chi connectivity index (χ0n) is 13.5. The summed E-state index contributed by atoms with van der Waals surface area (Å²) in [6.07, 6.45) is 1.02. The quantitative estimate of drug-likeness (QED) is 0.658. The van der Waals surface area contributed by atoms with E-state index in [1.54, 1.807) is 0 Å². The maximum Gasteiger partial charge on any atom is 0.135 e. The van der Waals surface area contributed by atoms with Gasteiger partial charge in [-0.1, -0.05) is 78.9 Å². The minimum Gasteiger partial charge on any atom is -0.319 e. The number of hydrogen-bond donors (Lipinski definition) is 0. The highest BCUT2D eigenvalue weighted by atomic mass is 15.2. The van der Waals surface area contributed by atoms with Gasteiger partial charge < -0.3 is 4.90 Å². The molecule has 0 spiro atoms. The van der Waals surface area contributed by atoms with Crippen molar-refractivity contribution < 1.29 is 0 Å². The van der Waals surface area contributed by atoms with Gasteiger partial charge in [0.2, 0.25) is 0 Å². The summed E-state index contributed by atoms with van der Waals surface area (Å²) in [5.41, 5.74) is 3.69. The molecule has 1 heterocycles. The topological polar surface area (TPSA) is 15.6 Å². The number of hydrogen-bond acceptors (Lipinski definition) is 2. The maximum absolute atomic E-state index is 4.88. The van der Waals surface area contributed by atoms with Crippen LogP contribution in [0.1, 0.15) is 23.6 Å². The summed E-state index contributed by atoms with van der Waals surface area (Å²) in [6.45, 7) is 0.854. The van der Waals surface area contributed by atoms with Crippen LogP contribution >= 0.6 is 0 Å². The average Bonchev–Trinajstić information content (AvgIpc) is 2.69. The zero-order valence-corrected chi connectivity index (χ0v) is 13.5. The third kappa shape index (κ3) is 2.83. The Morgan fingerprint density at radius 1 is 0.708 bits per heavy atom. The predicted molar refractivity (Wildman–Crippen MR) is 101 cm³/mol. The summed E-state index contributed by atoms with van der Waals surface area (Å²) < 4.78 is 0. The van der Waals surface area contributed by atoms with E-state index in [1.165, 1.54) is 16.8 Å². The van der Waals surface area contributed by atoms with E-state index in [4.69, 9.17) is 4.99 Å². The van der Waals surface area contributed by atoms with Crippen molar-refractivity contribution in [3.8, 4) is 0 Å². The Balaban J connectivity index is 1.83. The van der Waals surface area contributed by atoms with Gasteiger partial charge in [0, 0.05) is 17.8 Å².